The van der Waals surface area contributed by atoms with E-state index in [9.17, 15) is 14.0 Å². The van der Waals surface area contributed by atoms with Crippen molar-refractivity contribution >= 4 is 23.4 Å². The van der Waals surface area contributed by atoms with Gasteiger partial charge in [-0.05, 0) is 80.1 Å². The third kappa shape index (κ3) is 6.79. The van der Waals surface area contributed by atoms with Crippen molar-refractivity contribution in [2.75, 3.05) is 0 Å². The minimum Gasteiger partial charge on any atom is -0.467 e. The number of carbonyl (C=O) groups is 2. The van der Waals surface area contributed by atoms with Crippen LogP contribution >= 0.6 is 11.6 Å². The van der Waals surface area contributed by atoms with Crippen molar-refractivity contribution in [3.63, 3.8) is 0 Å². The van der Waals surface area contributed by atoms with Crippen LogP contribution in [-0.4, -0.2) is 42.5 Å². The molecule has 11 heteroatoms. The Balaban J connectivity index is 1.66. The summed E-state index contributed by atoms with van der Waals surface area (Å²) in [6, 6.07) is 14.8. The van der Waals surface area contributed by atoms with Crippen molar-refractivity contribution in [1.29, 1.82) is 0 Å². The van der Waals surface area contributed by atoms with E-state index < -0.39 is 17.5 Å². The van der Waals surface area contributed by atoms with Gasteiger partial charge in [-0.3, -0.25) is 9.59 Å². The molecular formula is C26H26ClFN6O3. The lowest BCUT2D eigenvalue weighted by atomic mass is 10.0. The maximum absolute atomic E-state index is 13.7. The summed E-state index contributed by atoms with van der Waals surface area (Å²) < 4.78 is 18.8. The first-order chi connectivity index (χ1) is 17.6. The second-order valence-electron chi connectivity index (χ2n) is 9.44. The molecule has 4 rings (SSSR count). The molecule has 0 unspecified atom stereocenters. The number of amides is 2. The van der Waals surface area contributed by atoms with Crippen molar-refractivity contribution in [2.24, 2.45) is 0 Å². The highest BCUT2D eigenvalue weighted by molar-refractivity contribution is 6.30. The third-order valence-electron chi connectivity index (χ3n) is 5.30. The Morgan fingerprint density at radius 3 is 2.43 bits per heavy atom. The van der Waals surface area contributed by atoms with Crippen LogP contribution in [0.1, 0.15) is 38.1 Å². The van der Waals surface area contributed by atoms with Crippen LogP contribution in [-0.2, 0) is 22.7 Å². The quantitative estimate of drug-likeness (QED) is 0.366. The van der Waals surface area contributed by atoms with Crippen molar-refractivity contribution in [3.05, 3.63) is 89.1 Å². The van der Waals surface area contributed by atoms with Crippen molar-refractivity contribution in [3.8, 4) is 11.4 Å². The summed E-state index contributed by atoms with van der Waals surface area (Å²) in [5.74, 6) is -0.460. The molecule has 2 aromatic heterocycles. The second kappa shape index (κ2) is 10.9. The van der Waals surface area contributed by atoms with Crippen LogP contribution in [0.5, 0.6) is 0 Å². The van der Waals surface area contributed by atoms with Gasteiger partial charge in [0.15, 0.2) is 0 Å². The molecule has 2 heterocycles. The van der Waals surface area contributed by atoms with Crippen LogP contribution in [0.4, 0.5) is 4.39 Å². The van der Waals surface area contributed by atoms with Gasteiger partial charge in [0.2, 0.25) is 17.6 Å². The largest absolute Gasteiger partial charge is 0.467 e. The molecule has 0 aliphatic carbocycles. The molecular weight excluding hydrogens is 499 g/mol. The molecule has 0 fully saturated rings. The number of hydrogen-bond donors (Lipinski definition) is 1. The molecule has 9 nitrogen and oxygen atoms in total. The topological polar surface area (TPSA) is 106 Å². The number of nitrogens with zero attached hydrogens (tertiary/aromatic N) is 5. The zero-order chi connectivity index (χ0) is 26.6. The Morgan fingerprint density at radius 2 is 1.81 bits per heavy atom. The molecule has 0 saturated heterocycles. The number of tetrazole rings is 1. The van der Waals surface area contributed by atoms with Gasteiger partial charge in [0, 0.05) is 16.1 Å². The van der Waals surface area contributed by atoms with Gasteiger partial charge in [-0.2, -0.15) is 4.80 Å². The van der Waals surface area contributed by atoms with Gasteiger partial charge in [0.1, 0.15) is 24.2 Å². The Kier molecular flexibility index (Phi) is 7.68. The Labute approximate surface area is 218 Å². The molecule has 0 aliphatic rings. The summed E-state index contributed by atoms with van der Waals surface area (Å²) in [7, 11) is 0. The number of furan rings is 1. The number of nitrogens with one attached hydrogen (secondary N) is 1. The monoisotopic (exact) mass is 524 g/mol. The molecule has 4 aromatic rings. The molecule has 1 atom stereocenters. The molecule has 2 amide bonds. The molecule has 0 bridgehead atoms. The fraction of sp³-hybridized carbons (Fsp3) is 0.269. The normalized spacial score (nSPS) is 12.2. The van der Waals surface area contributed by atoms with Gasteiger partial charge in [-0.25, -0.2) is 4.39 Å². The van der Waals surface area contributed by atoms with E-state index in [-0.39, 0.29) is 30.6 Å². The highest BCUT2D eigenvalue weighted by Crippen LogP contribution is 2.27. The predicted octanol–water partition coefficient (Wildman–Crippen LogP) is 4.41. The maximum atomic E-state index is 13.7. The summed E-state index contributed by atoms with van der Waals surface area (Å²) in [5, 5.41) is 15.7. The zero-order valence-electron chi connectivity index (χ0n) is 20.6. The number of aromatic nitrogens is 4. The SMILES string of the molecule is CC(C)(C)NC(=O)[C@@H](c1ccc(Cl)cc1)N(Cc1ccco1)C(=O)Cn1nnc(-c2ccc(F)cc2)n1. The van der Waals surface area contributed by atoms with Crippen LogP contribution in [0, 0.1) is 5.82 Å². The molecule has 0 aliphatic heterocycles. The molecule has 0 saturated carbocycles. The highest BCUT2D eigenvalue weighted by Gasteiger charge is 2.34. The van der Waals surface area contributed by atoms with Gasteiger partial charge < -0.3 is 14.6 Å². The first kappa shape index (κ1) is 26.0. The second-order valence-corrected chi connectivity index (χ2v) is 9.88. The van der Waals surface area contributed by atoms with Crippen LogP contribution in [0.15, 0.2) is 71.3 Å². The number of halogens is 2. The van der Waals surface area contributed by atoms with E-state index in [1.54, 1.807) is 36.4 Å². The fourth-order valence-electron chi connectivity index (χ4n) is 3.69. The first-order valence-corrected chi connectivity index (χ1v) is 11.9. The number of carbonyl (C=O) groups excluding carboxylic acids is 2. The fourth-order valence-corrected chi connectivity index (χ4v) is 3.81. The van der Waals surface area contributed by atoms with Crippen molar-refractivity contribution in [2.45, 2.75) is 45.4 Å². The number of hydrogen-bond acceptors (Lipinski definition) is 6. The molecule has 192 valence electrons. The highest BCUT2D eigenvalue weighted by atomic mass is 35.5. The Morgan fingerprint density at radius 1 is 1.11 bits per heavy atom. The minimum absolute atomic E-state index is 0.0240. The van der Waals surface area contributed by atoms with Gasteiger partial charge in [-0.15, -0.1) is 10.2 Å². The van der Waals surface area contributed by atoms with E-state index in [0.717, 1.165) is 4.80 Å². The predicted molar refractivity (Wildman–Crippen MR) is 135 cm³/mol. The summed E-state index contributed by atoms with van der Waals surface area (Å²) in [5.41, 5.74) is 0.583. The third-order valence-corrected chi connectivity index (χ3v) is 5.55. The molecule has 0 spiro atoms. The number of rotatable bonds is 8. The average Bonchev–Trinajstić information content (AvgIpc) is 3.51. The first-order valence-electron chi connectivity index (χ1n) is 11.5. The van der Waals surface area contributed by atoms with Crippen LogP contribution in [0.25, 0.3) is 11.4 Å². The Hall–Kier alpha value is -4.05. The van der Waals surface area contributed by atoms with Gasteiger partial charge in [0.25, 0.3) is 0 Å². The summed E-state index contributed by atoms with van der Waals surface area (Å²) in [4.78, 5) is 29.8. The minimum atomic E-state index is -0.991. The van der Waals surface area contributed by atoms with Gasteiger partial charge >= 0.3 is 0 Å². The van der Waals surface area contributed by atoms with E-state index in [1.165, 1.54) is 35.4 Å². The maximum Gasteiger partial charge on any atom is 0.247 e. The van der Waals surface area contributed by atoms with Gasteiger partial charge in [-0.1, -0.05) is 23.7 Å². The van der Waals surface area contributed by atoms with Crippen molar-refractivity contribution < 1.29 is 18.4 Å². The van der Waals surface area contributed by atoms with Crippen LogP contribution < -0.4 is 5.32 Å². The van der Waals surface area contributed by atoms with Crippen LogP contribution in [0.3, 0.4) is 0 Å². The standard InChI is InChI=1S/C26H26ClFN6O3/c1-26(2,3)29-25(36)23(17-6-10-19(27)11-7-17)33(15-21-5-4-14-37-21)22(35)16-34-31-24(30-32-34)18-8-12-20(28)13-9-18/h4-14,23H,15-16H2,1-3H3,(H,29,36)/t23-/m1/s1. The van der Waals surface area contributed by atoms with Crippen LogP contribution in [0.2, 0.25) is 5.02 Å². The zero-order valence-corrected chi connectivity index (χ0v) is 21.3. The number of benzene rings is 2. The summed E-state index contributed by atoms with van der Waals surface area (Å²) in [6.07, 6.45) is 1.50. The Bertz CT molecular complexity index is 1350. The van der Waals surface area contributed by atoms with Crippen molar-refractivity contribution in [1.82, 2.24) is 30.4 Å². The molecule has 1 N–H and O–H groups in total. The smallest absolute Gasteiger partial charge is 0.247 e. The molecule has 37 heavy (non-hydrogen) atoms. The van der Waals surface area contributed by atoms with E-state index in [1.807, 2.05) is 20.8 Å². The average molecular weight is 525 g/mol. The van der Waals surface area contributed by atoms with E-state index in [0.29, 0.717) is 21.9 Å². The lowest BCUT2D eigenvalue weighted by Crippen LogP contribution is -2.49. The lowest BCUT2D eigenvalue weighted by molar-refractivity contribution is -0.143. The summed E-state index contributed by atoms with van der Waals surface area (Å²) in [6.45, 7) is 5.31. The van der Waals surface area contributed by atoms with Gasteiger partial charge in [0.05, 0.1) is 12.8 Å². The van der Waals surface area contributed by atoms with E-state index in [4.69, 9.17) is 16.0 Å². The summed E-state index contributed by atoms with van der Waals surface area (Å²) >= 11 is 6.08. The van der Waals surface area contributed by atoms with E-state index >= 15 is 0 Å². The molecule has 2 aromatic carbocycles. The lowest BCUT2D eigenvalue weighted by Gasteiger charge is -2.33. The molecule has 0 radical (unpaired) electrons. The van der Waals surface area contributed by atoms with E-state index in [2.05, 4.69) is 20.7 Å².